The summed E-state index contributed by atoms with van der Waals surface area (Å²) in [6.07, 6.45) is 1.74. The Hall–Kier alpha value is -1.55. The molecule has 1 aliphatic rings. The van der Waals surface area contributed by atoms with E-state index in [0.717, 1.165) is 37.2 Å². The number of ether oxygens (including phenoxy) is 2. The third-order valence-electron chi connectivity index (χ3n) is 3.19. The van der Waals surface area contributed by atoms with Crippen molar-refractivity contribution >= 4 is 5.97 Å². The summed E-state index contributed by atoms with van der Waals surface area (Å²) in [7, 11) is 1.63. The normalized spacial score (nSPS) is 16.3. The van der Waals surface area contributed by atoms with Crippen molar-refractivity contribution in [3.8, 4) is 5.75 Å². The molecule has 0 amide bonds. The Morgan fingerprint density at radius 2 is 2.17 bits per heavy atom. The van der Waals surface area contributed by atoms with E-state index >= 15 is 0 Å². The maximum Gasteiger partial charge on any atom is 0.309 e. The highest BCUT2D eigenvalue weighted by Crippen LogP contribution is 2.16. The van der Waals surface area contributed by atoms with Crippen molar-refractivity contribution in [1.29, 1.82) is 0 Å². The van der Waals surface area contributed by atoms with Crippen LogP contribution in [0.15, 0.2) is 24.3 Å². The van der Waals surface area contributed by atoms with Crippen LogP contribution < -0.4 is 10.1 Å². The number of nitrogens with one attached hydrogen (secondary N) is 1. The van der Waals surface area contributed by atoms with Gasteiger partial charge in [-0.25, -0.2) is 0 Å². The molecule has 18 heavy (non-hydrogen) atoms. The van der Waals surface area contributed by atoms with Crippen LogP contribution in [0.2, 0.25) is 0 Å². The molecule has 98 valence electrons. The molecule has 0 unspecified atom stereocenters. The maximum atomic E-state index is 11.8. The van der Waals surface area contributed by atoms with Gasteiger partial charge in [-0.2, -0.15) is 0 Å². The zero-order chi connectivity index (χ0) is 12.8. The molecule has 1 fully saturated rings. The molecule has 4 heteroatoms. The topological polar surface area (TPSA) is 47.6 Å². The number of carbonyl (C=O) groups excluding carboxylic acids is 1. The molecule has 4 nitrogen and oxygen atoms in total. The van der Waals surface area contributed by atoms with Crippen LogP contribution in [-0.4, -0.2) is 26.2 Å². The second kappa shape index (κ2) is 6.40. The predicted octanol–water partition coefficient (Wildman–Crippen LogP) is 1.74. The summed E-state index contributed by atoms with van der Waals surface area (Å²) >= 11 is 0. The Morgan fingerprint density at radius 3 is 2.89 bits per heavy atom. The highest BCUT2D eigenvalue weighted by atomic mass is 16.5. The fourth-order valence-corrected chi connectivity index (χ4v) is 2.09. The van der Waals surface area contributed by atoms with Crippen molar-refractivity contribution in [2.75, 3.05) is 20.2 Å². The van der Waals surface area contributed by atoms with Gasteiger partial charge in [0.15, 0.2) is 0 Å². The standard InChI is InChI=1S/C14H19NO3/c1-17-13-4-2-3-11(9-13)10-18-14(16)12-5-7-15-8-6-12/h2-4,9,12,15H,5-8,10H2,1H3. The first-order valence-electron chi connectivity index (χ1n) is 6.30. The Balaban J connectivity index is 1.84. The second-order valence-electron chi connectivity index (χ2n) is 4.48. The lowest BCUT2D eigenvalue weighted by atomic mass is 9.98. The average molecular weight is 249 g/mol. The lowest BCUT2D eigenvalue weighted by molar-refractivity contribution is -0.150. The SMILES string of the molecule is COc1cccc(COC(=O)C2CCNCC2)c1. The van der Waals surface area contributed by atoms with Gasteiger partial charge >= 0.3 is 5.97 Å². The van der Waals surface area contributed by atoms with Crippen LogP contribution in [-0.2, 0) is 16.1 Å². The summed E-state index contributed by atoms with van der Waals surface area (Å²) in [5.41, 5.74) is 0.955. The van der Waals surface area contributed by atoms with Crippen molar-refractivity contribution in [1.82, 2.24) is 5.32 Å². The Labute approximate surface area is 107 Å². The average Bonchev–Trinajstić information content (AvgIpc) is 2.46. The lowest BCUT2D eigenvalue weighted by Gasteiger charge is -2.21. The molecule has 0 bridgehead atoms. The van der Waals surface area contributed by atoms with Gasteiger partial charge in [0.05, 0.1) is 13.0 Å². The molecule has 1 heterocycles. The highest BCUT2D eigenvalue weighted by Gasteiger charge is 2.22. The minimum Gasteiger partial charge on any atom is -0.497 e. The molecule has 0 aromatic heterocycles. The minimum absolute atomic E-state index is 0.0526. The molecule has 1 aromatic rings. The molecule has 2 rings (SSSR count). The van der Waals surface area contributed by atoms with Gasteiger partial charge < -0.3 is 14.8 Å². The summed E-state index contributed by atoms with van der Waals surface area (Å²) in [5.74, 6) is 0.751. The van der Waals surface area contributed by atoms with E-state index in [1.807, 2.05) is 24.3 Å². The van der Waals surface area contributed by atoms with Gasteiger partial charge in [0.1, 0.15) is 12.4 Å². The predicted molar refractivity (Wildman–Crippen MR) is 68.4 cm³/mol. The smallest absolute Gasteiger partial charge is 0.309 e. The Bertz CT molecular complexity index is 400. The van der Waals surface area contributed by atoms with Crippen LogP contribution in [0.3, 0.4) is 0 Å². The molecule has 1 aromatic carbocycles. The zero-order valence-corrected chi connectivity index (χ0v) is 10.6. The molecule has 1 aliphatic heterocycles. The third-order valence-corrected chi connectivity index (χ3v) is 3.19. The van der Waals surface area contributed by atoms with Gasteiger partial charge in [0.25, 0.3) is 0 Å². The number of hydrogen-bond donors (Lipinski definition) is 1. The lowest BCUT2D eigenvalue weighted by Crippen LogP contribution is -2.32. The second-order valence-corrected chi connectivity index (χ2v) is 4.48. The van der Waals surface area contributed by atoms with Crippen molar-refractivity contribution in [3.05, 3.63) is 29.8 Å². The van der Waals surface area contributed by atoms with Crippen LogP contribution in [0.25, 0.3) is 0 Å². The summed E-state index contributed by atoms with van der Waals surface area (Å²) in [6, 6.07) is 7.58. The monoisotopic (exact) mass is 249 g/mol. The van der Waals surface area contributed by atoms with E-state index in [9.17, 15) is 4.79 Å². The fourth-order valence-electron chi connectivity index (χ4n) is 2.09. The highest BCUT2D eigenvalue weighted by molar-refractivity contribution is 5.72. The number of carbonyl (C=O) groups is 1. The first-order chi connectivity index (χ1) is 8.79. The van der Waals surface area contributed by atoms with Gasteiger partial charge in [-0.15, -0.1) is 0 Å². The molecule has 0 aliphatic carbocycles. The summed E-state index contributed by atoms with van der Waals surface area (Å²) < 4.78 is 10.5. The van der Waals surface area contributed by atoms with Gasteiger partial charge in [-0.3, -0.25) is 4.79 Å². The number of hydrogen-bond acceptors (Lipinski definition) is 4. The quantitative estimate of drug-likeness (QED) is 0.826. The van der Waals surface area contributed by atoms with E-state index in [2.05, 4.69) is 5.32 Å². The number of benzene rings is 1. The largest absolute Gasteiger partial charge is 0.497 e. The van der Waals surface area contributed by atoms with Crippen LogP contribution >= 0.6 is 0 Å². The maximum absolute atomic E-state index is 11.8. The van der Waals surface area contributed by atoms with Crippen LogP contribution in [0.1, 0.15) is 18.4 Å². The van der Waals surface area contributed by atoms with Gasteiger partial charge in [-0.1, -0.05) is 12.1 Å². The molecular formula is C14H19NO3. The van der Waals surface area contributed by atoms with Crippen molar-refractivity contribution < 1.29 is 14.3 Å². The van der Waals surface area contributed by atoms with Gasteiger partial charge in [0, 0.05) is 0 Å². The number of piperidine rings is 1. The molecule has 0 saturated carbocycles. The number of esters is 1. The Kier molecular flexibility index (Phi) is 4.59. The number of rotatable bonds is 4. The van der Waals surface area contributed by atoms with E-state index in [4.69, 9.17) is 9.47 Å². The van der Waals surface area contributed by atoms with E-state index in [1.165, 1.54) is 0 Å². The molecule has 0 atom stereocenters. The van der Waals surface area contributed by atoms with Crippen molar-refractivity contribution in [3.63, 3.8) is 0 Å². The zero-order valence-electron chi connectivity index (χ0n) is 10.6. The van der Waals surface area contributed by atoms with Gasteiger partial charge in [0.2, 0.25) is 0 Å². The van der Waals surface area contributed by atoms with E-state index in [0.29, 0.717) is 6.61 Å². The summed E-state index contributed by atoms with van der Waals surface area (Å²) in [4.78, 5) is 11.8. The van der Waals surface area contributed by atoms with E-state index < -0.39 is 0 Å². The van der Waals surface area contributed by atoms with Crippen molar-refractivity contribution in [2.45, 2.75) is 19.4 Å². The number of methoxy groups -OCH3 is 1. The summed E-state index contributed by atoms with van der Waals surface area (Å²) in [6.45, 7) is 2.12. The van der Waals surface area contributed by atoms with Crippen LogP contribution in [0.5, 0.6) is 5.75 Å². The van der Waals surface area contributed by atoms with E-state index in [1.54, 1.807) is 7.11 Å². The molecule has 0 spiro atoms. The van der Waals surface area contributed by atoms with Crippen LogP contribution in [0, 0.1) is 5.92 Å². The van der Waals surface area contributed by atoms with Crippen LogP contribution in [0.4, 0.5) is 0 Å². The molecule has 1 saturated heterocycles. The molecule has 1 N–H and O–H groups in total. The molecular weight excluding hydrogens is 230 g/mol. The fraction of sp³-hybridized carbons (Fsp3) is 0.500. The minimum atomic E-state index is -0.0840. The summed E-state index contributed by atoms with van der Waals surface area (Å²) in [5, 5.41) is 3.23. The first-order valence-corrected chi connectivity index (χ1v) is 6.30. The Morgan fingerprint density at radius 1 is 1.39 bits per heavy atom. The molecule has 0 radical (unpaired) electrons. The van der Waals surface area contributed by atoms with Gasteiger partial charge in [-0.05, 0) is 43.6 Å². The third kappa shape index (κ3) is 3.47. The van der Waals surface area contributed by atoms with E-state index in [-0.39, 0.29) is 11.9 Å². The van der Waals surface area contributed by atoms with Crippen molar-refractivity contribution in [2.24, 2.45) is 5.92 Å². The first kappa shape index (κ1) is 12.9.